The first-order valence-electron chi connectivity index (χ1n) is 10.5. The first-order chi connectivity index (χ1) is 10.9. The van der Waals surface area contributed by atoms with Crippen molar-refractivity contribution < 1.29 is 0 Å². The fraction of sp³-hybridized carbons (Fsp3) is 1.00. The van der Waals surface area contributed by atoms with Crippen LogP contribution in [0.15, 0.2) is 0 Å². The van der Waals surface area contributed by atoms with Gasteiger partial charge in [-0.3, -0.25) is 0 Å². The fourth-order valence-electron chi connectivity index (χ4n) is 3.85. The minimum Gasteiger partial charge on any atom is -0.162 e. The van der Waals surface area contributed by atoms with E-state index in [9.17, 15) is 0 Å². The lowest BCUT2D eigenvalue weighted by atomic mass is 9.99. The highest BCUT2D eigenvalue weighted by molar-refractivity contribution is 7.99. The van der Waals surface area contributed by atoms with Crippen LogP contribution in [0.25, 0.3) is 0 Å². The zero-order valence-electron chi connectivity index (χ0n) is 15.4. The summed E-state index contributed by atoms with van der Waals surface area (Å²) in [6.45, 7) is 2.26. The molecule has 0 N–H and O–H groups in total. The molecule has 0 atom stereocenters. The Morgan fingerprint density at radius 1 is 0.636 bits per heavy atom. The van der Waals surface area contributed by atoms with Crippen molar-refractivity contribution in [3.8, 4) is 0 Å². The Balaban J connectivity index is 1.64. The fourth-order valence-corrected chi connectivity index (χ4v) is 4.55. The average Bonchev–Trinajstić information content (AvgIpc) is 3.04. The maximum Gasteiger partial charge on any atom is -0.00676 e. The zero-order valence-corrected chi connectivity index (χ0v) is 16.2. The van der Waals surface area contributed by atoms with E-state index in [4.69, 9.17) is 0 Å². The van der Waals surface area contributed by atoms with Gasteiger partial charge in [0, 0.05) is 0 Å². The molecule has 0 amide bonds. The predicted octanol–water partition coefficient (Wildman–Crippen LogP) is 8.00. The van der Waals surface area contributed by atoms with Gasteiger partial charge in [-0.25, -0.2) is 0 Å². The van der Waals surface area contributed by atoms with Gasteiger partial charge in [-0.15, -0.1) is 0 Å². The van der Waals surface area contributed by atoms with Gasteiger partial charge in [-0.2, -0.15) is 11.8 Å². The van der Waals surface area contributed by atoms with E-state index < -0.39 is 0 Å². The molecule has 0 aromatic rings. The van der Waals surface area contributed by atoms with E-state index in [1.54, 1.807) is 0 Å². The van der Waals surface area contributed by atoms with Crippen LogP contribution < -0.4 is 0 Å². The summed E-state index contributed by atoms with van der Waals surface area (Å²) < 4.78 is 0. The van der Waals surface area contributed by atoms with E-state index in [2.05, 4.69) is 18.7 Å². The molecule has 22 heavy (non-hydrogen) atoms. The minimum atomic E-state index is 1.11. The Bertz CT molecular complexity index is 208. The van der Waals surface area contributed by atoms with Crippen molar-refractivity contribution in [1.82, 2.24) is 0 Å². The summed E-state index contributed by atoms with van der Waals surface area (Å²) in [6.07, 6.45) is 25.5. The monoisotopic (exact) mass is 326 g/mol. The molecule has 0 heterocycles. The van der Waals surface area contributed by atoms with E-state index in [0.29, 0.717) is 0 Å². The van der Waals surface area contributed by atoms with E-state index in [1.807, 2.05) is 0 Å². The lowest BCUT2D eigenvalue weighted by molar-refractivity contribution is 0.459. The molecule has 1 aliphatic carbocycles. The highest BCUT2D eigenvalue weighted by atomic mass is 32.2. The molecule has 0 nitrogen and oxygen atoms in total. The SMILES string of the molecule is CCSCCCCCCCCCCCCCCC1CCCC1. The summed E-state index contributed by atoms with van der Waals surface area (Å²) in [7, 11) is 0. The van der Waals surface area contributed by atoms with Crippen molar-refractivity contribution in [2.24, 2.45) is 5.92 Å². The number of hydrogen-bond acceptors (Lipinski definition) is 1. The third kappa shape index (κ3) is 12.9. The largest absolute Gasteiger partial charge is 0.162 e. The van der Waals surface area contributed by atoms with Crippen molar-refractivity contribution in [2.75, 3.05) is 11.5 Å². The highest BCUT2D eigenvalue weighted by Gasteiger charge is 2.13. The van der Waals surface area contributed by atoms with Crippen molar-refractivity contribution >= 4 is 11.8 Å². The Labute approximate surface area is 145 Å². The van der Waals surface area contributed by atoms with Crippen LogP contribution in [0.2, 0.25) is 0 Å². The van der Waals surface area contributed by atoms with Gasteiger partial charge in [0.05, 0.1) is 0 Å². The van der Waals surface area contributed by atoms with E-state index >= 15 is 0 Å². The second kappa shape index (κ2) is 16.2. The van der Waals surface area contributed by atoms with Gasteiger partial charge in [-0.1, -0.05) is 110 Å². The van der Waals surface area contributed by atoms with E-state index in [-0.39, 0.29) is 0 Å². The number of thioether (sulfide) groups is 1. The second-order valence-electron chi connectivity index (χ2n) is 7.38. The summed E-state index contributed by atoms with van der Waals surface area (Å²) in [4.78, 5) is 0. The zero-order chi connectivity index (χ0) is 15.7. The van der Waals surface area contributed by atoms with Gasteiger partial charge in [0.2, 0.25) is 0 Å². The third-order valence-corrected chi connectivity index (χ3v) is 6.32. The van der Waals surface area contributed by atoms with Crippen molar-refractivity contribution in [3.05, 3.63) is 0 Å². The van der Waals surface area contributed by atoms with Crippen LogP contribution in [0.4, 0.5) is 0 Å². The van der Waals surface area contributed by atoms with E-state index in [0.717, 1.165) is 5.92 Å². The van der Waals surface area contributed by atoms with Gasteiger partial charge in [0.25, 0.3) is 0 Å². The number of unbranched alkanes of at least 4 members (excludes halogenated alkanes) is 11. The smallest absolute Gasteiger partial charge is 0.00676 e. The van der Waals surface area contributed by atoms with Crippen molar-refractivity contribution in [2.45, 2.75) is 116 Å². The van der Waals surface area contributed by atoms with Crippen LogP contribution in [-0.2, 0) is 0 Å². The van der Waals surface area contributed by atoms with E-state index in [1.165, 1.54) is 121 Å². The molecule has 1 saturated carbocycles. The molecule has 1 heteroatoms. The molecule has 0 spiro atoms. The highest BCUT2D eigenvalue weighted by Crippen LogP contribution is 2.29. The minimum absolute atomic E-state index is 1.11. The molecule has 1 rings (SSSR count). The molecule has 0 aromatic carbocycles. The van der Waals surface area contributed by atoms with Crippen LogP contribution in [0, 0.1) is 5.92 Å². The van der Waals surface area contributed by atoms with Crippen LogP contribution >= 0.6 is 11.8 Å². The quantitative estimate of drug-likeness (QED) is 0.259. The third-order valence-electron chi connectivity index (χ3n) is 5.33. The molecular weight excluding hydrogens is 284 g/mol. The molecule has 0 unspecified atom stereocenters. The molecule has 132 valence electrons. The Kier molecular flexibility index (Phi) is 15.0. The summed E-state index contributed by atoms with van der Waals surface area (Å²) >= 11 is 2.10. The average molecular weight is 327 g/mol. The number of hydrogen-bond donors (Lipinski definition) is 0. The summed E-state index contributed by atoms with van der Waals surface area (Å²) in [5, 5.41) is 0. The lowest BCUT2D eigenvalue weighted by Crippen LogP contribution is -1.92. The van der Waals surface area contributed by atoms with Gasteiger partial charge in [-0.05, 0) is 23.8 Å². The molecule has 1 fully saturated rings. The van der Waals surface area contributed by atoms with Crippen LogP contribution in [0.5, 0.6) is 0 Å². The Morgan fingerprint density at radius 2 is 1.09 bits per heavy atom. The van der Waals surface area contributed by atoms with Crippen LogP contribution in [-0.4, -0.2) is 11.5 Å². The summed E-state index contributed by atoms with van der Waals surface area (Å²) in [5.41, 5.74) is 0. The topological polar surface area (TPSA) is 0 Å². The molecular formula is C21H42S. The molecule has 0 bridgehead atoms. The van der Waals surface area contributed by atoms with Crippen LogP contribution in [0.3, 0.4) is 0 Å². The summed E-state index contributed by atoms with van der Waals surface area (Å²) in [5.74, 6) is 3.79. The van der Waals surface area contributed by atoms with Crippen molar-refractivity contribution in [3.63, 3.8) is 0 Å². The van der Waals surface area contributed by atoms with Gasteiger partial charge in [0.1, 0.15) is 0 Å². The van der Waals surface area contributed by atoms with Crippen molar-refractivity contribution in [1.29, 1.82) is 0 Å². The second-order valence-corrected chi connectivity index (χ2v) is 8.77. The maximum atomic E-state index is 2.26. The Morgan fingerprint density at radius 3 is 1.59 bits per heavy atom. The summed E-state index contributed by atoms with van der Waals surface area (Å²) in [6, 6.07) is 0. The molecule has 0 aromatic heterocycles. The first-order valence-corrected chi connectivity index (χ1v) is 11.7. The maximum absolute atomic E-state index is 2.26. The van der Waals surface area contributed by atoms with Gasteiger partial charge in [0.15, 0.2) is 0 Å². The first kappa shape index (κ1) is 20.4. The van der Waals surface area contributed by atoms with Gasteiger partial charge >= 0.3 is 0 Å². The normalized spacial score (nSPS) is 15.7. The predicted molar refractivity (Wildman–Crippen MR) is 105 cm³/mol. The van der Waals surface area contributed by atoms with Gasteiger partial charge < -0.3 is 0 Å². The lowest BCUT2D eigenvalue weighted by Gasteiger charge is -2.08. The Hall–Kier alpha value is 0.350. The standard InChI is InChI=1S/C21H42S/c1-2-22-20-16-12-10-8-6-4-3-5-7-9-11-13-17-21-18-14-15-19-21/h21H,2-20H2,1H3. The molecule has 0 saturated heterocycles. The molecule has 0 radical (unpaired) electrons. The van der Waals surface area contributed by atoms with Crippen LogP contribution in [0.1, 0.15) is 116 Å². The molecule has 1 aliphatic rings. The number of rotatable bonds is 16. The molecule has 0 aliphatic heterocycles.